The molecule has 2 heterocycles. The van der Waals surface area contributed by atoms with Gasteiger partial charge in [-0.3, -0.25) is 4.90 Å². The second-order valence-electron chi connectivity index (χ2n) is 7.08. The SMILES string of the molecule is CCCCc1nc(CN2CCC23CCC(CC)CC3)cs1. The number of aryl methyl sites for hydroxylation is 1. The minimum atomic E-state index is 0.554. The molecule has 0 atom stereocenters. The second kappa shape index (κ2) is 6.78. The molecule has 2 fully saturated rings. The van der Waals surface area contributed by atoms with Gasteiger partial charge in [-0.1, -0.05) is 26.7 Å². The molecule has 1 spiro atoms. The predicted molar refractivity (Wildman–Crippen MR) is 90.7 cm³/mol. The van der Waals surface area contributed by atoms with E-state index in [4.69, 9.17) is 4.98 Å². The number of nitrogens with zero attached hydrogens (tertiary/aromatic N) is 2. The first-order valence-corrected chi connectivity index (χ1v) is 9.82. The van der Waals surface area contributed by atoms with Crippen LogP contribution in [0.2, 0.25) is 0 Å². The molecule has 2 nitrogen and oxygen atoms in total. The summed E-state index contributed by atoms with van der Waals surface area (Å²) in [5, 5.41) is 3.64. The Hall–Kier alpha value is -0.410. The first-order chi connectivity index (χ1) is 10.3. The van der Waals surface area contributed by atoms with E-state index in [1.54, 1.807) is 0 Å². The fourth-order valence-electron chi connectivity index (χ4n) is 4.08. The standard InChI is InChI=1S/C18H30N2S/c1-3-5-6-17-19-16(14-21-17)13-20-12-11-18(20)9-7-15(4-2)8-10-18/h14-15H,3-13H2,1-2H3. The first-order valence-electron chi connectivity index (χ1n) is 8.94. The molecule has 0 unspecified atom stereocenters. The molecular weight excluding hydrogens is 276 g/mol. The summed E-state index contributed by atoms with van der Waals surface area (Å²) in [6.45, 7) is 7.00. The van der Waals surface area contributed by atoms with Crippen LogP contribution in [0.4, 0.5) is 0 Å². The van der Waals surface area contributed by atoms with Gasteiger partial charge in [0.2, 0.25) is 0 Å². The van der Waals surface area contributed by atoms with Gasteiger partial charge in [-0.25, -0.2) is 4.98 Å². The van der Waals surface area contributed by atoms with Gasteiger partial charge in [0, 0.05) is 24.0 Å². The normalized spacial score (nSPS) is 29.7. The Morgan fingerprint density at radius 2 is 2.10 bits per heavy atom. The lowest BCUT2D eigenvalue weighted by Gasteiger charge is -2.56. The van der Waals surface area contributed by atoms with Crippen molar-refractivity contribution in [2.45, 2.75) is 83.7 Å². The van der Waals surface area contributed by atoms with Gasteiger partial charge in [0.15, 0.2) is 0 Å². The quantitative estimate of drug-likeness (QED) is 0.732. The monoisotopic (exact) mass is 306 g/mol. The summed E-state index contributed by atoms with van der Waals surface area (Å²) in [6.07, 6.45) is 12.3. The fourth-order valence-corrected chi connectivity index (χ4v) is 4.91. The summed E-state index contributed by atoms with van der Waals surface area (Å²) in [5.41, 5.74) is 1.88. The molecule has 21 heavy (non-hydrogen) atoms. The van der Waals surface area contributed by atoms with Gasteiger partial charge in [-0.05, 0) is 50.9 Å². The zero-order valence-electron chi connectivity index (χ0n) is 13.7. The van der Waals surface area contributed by atoms with Crippen LogP contribution in [0.25, 0.3) is 0 Å². The Kier molecular flexibility index (Phi) is 5.00. The largest absolute Gasteiger partial charge is 0.292 e. The van der Waals surface area contributed by atoms with Gasteiger partial charge in [0.05, 0.1) is 10.7 Å². The van der Waals surface area contributed by atoms with Crippen molar-refractivity contribution in [3.63, 3.8) is 0 Å². The smallest absolute Gasteiger partial charge is 0.0928 e. The van der Waals surface area contributed by atoms with Crippen LogP contribution in [0.5, 0.6) is 0 Å². The van der Waals surface area contributed by atoms with E-state index in [1.807, 2.05) is 11.3 Å². The van der Waals surface area contributed by atoms with E-state index in [-0.39, 0.29) is 0 Å². The minimum absolute atomic E-state index is 0.554. The molecule has 0 radical (unpaired) electrons. The number of aromatic nitrogens is 1. The van der Waals surface area contributed by atoms with Gasteiger partial charge in [-0.15, -0.1) is 11.3 Å². The summed E-state index contributed by atoms with van der Waals surface area (Å²) in [4.78, 5) is 7.59. The number of rotatable bonds is 6. The maximum atomic E-state index is 4.86. The summed E-state index contributed by atoms with van der Waals surface area (Å²) in [6, 6.07) is 0. The van der Waals surface area contributed by atoms with Crippen LogP contribution < -0.4 is 0 Å². The van der Waals surface area contributed by atoms with E-state index in [9.17, 15) is 0 Å². The maximum absolute atomic E-state index is 4.86. The van der Waals surface area contributed by atoms with E-state index in [0.29, 0.717) is 5.54 Å². The highest BCUT2D eigenvalue weighted by Gasteiger charge is 2.46. The Morgan fingerprint density at radius 3 is 2.71 bits per heavy atom. The molecule has 3 rings (SSSR count). The average Bonchev–Trinajstić information content (AvgIpc) is 2.97. The van der Waals surface area contributed by atoms with Crippen LogP contribution >= 0.6 is 11.3 Å². The first kappa shape index (κ1) is 15.5. The molecule has 1 aliphatic heterocycles. The van der Waals surface area contributed by atoms with Gasteiger partial charge in [-0.2, -0.15) is 0 Å². The number of hydrogen-bond donors (Lipinski definition) is 0. The Balaban J connectivity index is 1.54. The maximum Gasteiger partial charge on any atom is 0.0928 e. The summed E-state index contributed by atoms with van der Waals surface area (Å²) < 4.78 is 0. The zero-order valence-corrected chi connectivity index (χ0v) is 14.6. The molecular formula is C18H30N2S. The van der Waals surface area contributed by atoms with Crippen molar-refractivity contribution in [3.05, 3.63) is 16.1 Å². The third-order valence-corrected chi connectivity index (χ3v) is 6.78. The lowest BCUT2D eigenvalue weighted by molar-refractivity contribution is -0.0585. The second-order valence-corrected chi connectivity index (χ2v) is 8.03. The van der Waals surface area contributed by atoms with Crippen LogP contribution in [0.1, 0.15) is 75.9 Å². The van der Waals surface area contributed by atoms with Crippen LogP contribution in [0.3, 0.4) is 0 Å². The number of likely N-dealkylation sites (tertiary alicyclic amines) is 1. The third-order valence-electron chi connectivity index (χ3n) is 5.83. The van der Waals surface area contributed by atoms with Crippen molar-refractivity contribution in [1.82, 2.24) is 9.88 Å². The van der Waals surface area contributed by atoms with Crippen molar-refractivity contribution >= 4 is 11.3 Å². The Labute approximate surface area is 134 Å². The highest BCUT2D eigenvalue weighted by atomic mass is 32.1. The van der Waals surface area contributed by atoms with Crippen molar-refractivity contribution < 1.29 is 0 Å². The van der Waals surface area contributed by atoms with Crippen molar-refractivity contribution in [1.29, 1.82) is 0 Å². The molecule has 0 aromatic carbocycles. The van der Waals surface area contributed by atoms with E-state index >= 15 is 0 Å². The van der Waals surface area contributed by atoms with Crippen LogP contribution in [0.15, 0.2) is 5.38 Å². The molecule has 118 valence electrons. The van der Waals surface area contributed by atoms with E-state index in [0.717, 1.165) is 12.5 Å². The van der Waals surface area contributed by atoms with E-state index in [1.165, 1.54) is 75.0 Å². The zero-order chi connectivity index (χ0) is 14.7. The minimum Gasteiger partial charge on any atom is -0.292 e. The molecule has 1 aromatic rings. The molecule has 0 bridgehead atoms. The van der Waals surface area contributed by atoms with Gasteiger partial charge >= 0.3 is 0 Å². The fraction of sp³-hybridized carbons (Fsp3) is 0.833. The molecule has 1 aromatic heterocycles. The van der Waals surface area contributed by atoms with Gasteiger partial charge in [0.25, 0.3) is 0 Å². The molecule has 1 aliphatic carbocycles. The van der Waals surface area contributed by atoms with Crippen molar-refractivity contribution in [2.75, 3.05) is 6.54 Å². The lowest BCUT2D eigenvalue weighted by Crippen LogP contribution is -2.60. The number of hydrogen-bond acceptors (Lipinski definition) is 3. The van der Waals surface area contributed by atoms with E-state index < -0.39 is 0 Å². The molecule has 3 heteroatoms. The summed E-state index contributed by atoms with van der Waals surface area (Å²) >= 11 is 1.87. The van der Waals surface area contributed by atoms with Crippen LogP contribution in [-0.2, 0) is 13.0 Å². The Bertz CT molecular complexity index is 446. The molecule has 2 aliphatic rings. The molecule has 0 N–H and O–H groups in total. The number of thiazole rings is 1. The summed E-state index contributed by atoms with van der Waals surface area (Å²) in [5.74, 6) is 0.998. The highest BCUT2D eigenvalue weighted by molar-refractivity contribution is 7.09. The lowest BCUT2D eigenvalue weighted by atomic mass is 9.69. The highest BCUT2D eigenvalue weighted by Crippen LogP contribution is 2.46. The van der Waals surface area contributed by atoms with Crippen LogP contribution in [-0.4, -0.2) is 22.0 Å². The molecule has 1 saturated carbocycles. The van der Waals surface area contributed by atoms with Crippen molar-refractivity contribution in [3.8, 4) is 0 Å². The number of unbranched alkanes of at least 4 members (excludes halogenated alkanes) is 1. The van der Waals surface area contributed by atoms with Gasteiger partial charge < -0.3 is 0 Å². The third kappa shape index (κ3) is 3.34. The summed E-state index contributed by atoms with van der Waals surface area (Å²) in [7, 11) is 0. The van der Waals surface area contributed by atoms with Gasteiger partial charge in [0.1, 0.15) is 0 Å². The van der Waals surface area contributed by atoms with Crippen LogP contribution in [0, 0.1) is 5.92 Å². The Morgan fingerprint density at radius 1 is 1.29 bits per heavy atom. The van der Waals surface area contributed by atoms with Crippen molar-refractivity contribution in [2.24, 2.45) is 5.92 Å². The molecule has 0 amide bonds. The van der Waals surface area contributed by atoms with E-state index in [2.05, 4.69) is 24.1 Å². The predicted octanol–water partition coefficient (Wildman–Crippen LogP) is 5.03. The molecule has 1 saturated heterocycles. The average molecular weight is 307 g/mol. The topological polar surface area (TPSA) is 16.1 Å².